The van der Waals surface area contributed by atoms with Crippen LogP contribution in [0.2, 0.25) is 0 Å². The Morgan fingerprint density at radius 3 is 2.58 bits per heavy atom. The number of hydrogen-bond donors (Lipinski definition) is 3. The van der Waals surface area contributed by atoms with Crippen molar-refractivity contribution >= 4 is 44.7 Å². The number of aryl methyl sites for hydroxylation is 2. The number of methoxy groups -OCH3 is 1. The van der Waals surface area contributed by atoms with Crippen LogP contribution in [0, 0.1) is 18.3 Å². The zero-order chi connectivity index (χ0) is 43.3. The standard InChI is InChI=1S/C44H61N5O10S/c1-28-36-31(32-23-30(15-16-33(32)45-28)58-22-12-21-57-6)17-18-43(59-36)25-35-37(50)46-44(39(52)47-60(55,56)42(5)19-20-42)24-29(44)13-10-8-7-9-11-14-34(38(51)48(35)27-43)49(40(53)54)26-41(2,3)4/h10,13,15-16,23,29,34-35H,7-9,11-12,14,17-22,24-27H2,1-6H3,(H,46,50)(H,47,52)(H,53,54)/b13-10-/t29-,34+,35+,43-,44-/m1/s1. The number of amides is 4. The molecule has 4 amide bonds. The molecule has 1 spiro atoms. The van der Waals surface area contributed by atoms with Crippen LogP contribution in [0.4, 0.5) is 4.79 Å². The molecule has 16 heteroatoms. The van der Waals surface area contributed by atoms with Crippen molar-refractivity contribution in [2.24, 2.45) is 11.3 Å². The number of nitrogens with zero attached hydrogens (tertiary/aromatic N) is 3. The summed E-state index contributed by atoms with van der Waals surface area (Å²) in [4.78, 5) is 64.5. The van der Waals surface area contributed by atoms with Gasteiger partial charge in [0, 0.05) is 50.0 Å². The first-order chi connectivity index (χ1) is 28.3. The first-order valence-corrected chi connectivity index (χ1v) is 22.9. The van der Waals surface area contributed by atoms with Crippen LogP contribution in [0.15, 0.2) is 30.4 Å². The fourth-order valence-electron chi connectivity index (χ4n) is 9.11. The fraction of sp³-hybridized carbons (Fsp3) is 0.659. The Kier molecular flexibility index (Phi) is 12.0. The van der Waals surface area contributed by atoms with Gasteiger partial charge in [-0.3, -0.25) is 24.0 Å². The number of carbonyl (C=O) groups excluding carboxylic acids is 3. The van der Waals surface area contributed by atoms with Crippen molar-refractivity contribution in [2.45, 2.75) is 140 Å². The maximum atomic E-state index is 15.1. The fourth-order valence-corrected chi connectivity index (χ4v) is 10.4. The number of sulfonamides is 1. The number of ether oxygens (including phenoxy) is 3. The molecule has 60 heavy (non-hydrogen) atoms. The molecule has 15 nitrogen and oxygen atoms in total. The van der Waals surface area contributed by atoms with Gasteiger partial charge in [-0.25, -0.2) is 18.2 Å². The van der Waals surface area contributed by atoms with E-state index in [1.165, 1.54) is 9.80 Å². The van der Waals surface area contributed by atoms with Crippen LogP contribution in [0.25, 0.3) is 10.9 Å². The van der Waals surface area contributed by atoms with Gasteiger partial charge in [0.1, 0.15) is 34.7 Å². The van der Waals surface area contributed by atoms with E-state index in [-0.39, 0.29) is 32.4 Å². The molecule has 0 unspecified atom stereocenters. The van der Waals surface area contributed by atoms with E-state index in [0.717, 1.165) is 35.7 Å². The third-order valence-corrected chi connectivity index (χ3v) is 15.1. The summed E-state index contributed by atoms with van der Waals surface area (Å²) < 4.78 is 46.0. The number of fused-ring (bicyclic) bond motifs is 5. The molecule has 2 aliphatic carbocycles. The number of hydrogen-bond acceptors (Lipinski definition) is 10. The minimum Gasteiger partial charge on any atom is -0.493 e. The second kappa shape index (κ2) is 16.4. The molecule has 3 N–H and O–H groups in total. The number of carbonyl (C=O) groups is 4. The number of nitrogens with one attached hydrogen (secondary N) is 2. The van der Waals surface area contributed by atoms with Gasteiger partial charge in [-0.2, -0.15) is 0 Å². The van der Waals surface area contributed by atoms with Crippen LogP contribution < -0.4 is 19.5 Å². The lowest BCUT2D eigenvalue weighted by Crippen LogP contribution is -2.59. The van der Waals surface area contributed by atoms with Gasteiger partial charge in [-0.05, 0) is 88.8 Å². The first kappa shape index (κ1) is 43.6. The molecule has 1 saturated heterocycles. The van der Waals surface area contributed by atoms with Gasteiger partial charge >= 0.3 is 6.09 Å². The van der Waals surface area contributed by atoms with E-state index in [9.17, 15) is 27.9 Å². The van der Waals surface area contributed by atoms with E-state index in [0.29, 0.717) is 68.9 Å². The van der Waals surface area contributed by atoms with Crippen LogP contribution in [0.5, 0.6) is 11.5 Å². The van der Waals surface area contributed by atoms with Crippen LogP contribution in [0.3, 0.4) is 0 Å². The summed E-state index contributed by atoms with van der Waals surface area (Å²) in [5, 5.41) is 14.4. The Labute approximate surface area is 353 Å². The van der Waals surface area contributed by atoms with Crippen LogP contribution in [-0.4, -0.2) is 114 Å². The molecule has 2 aromatic rings. The molecule has 328 valence electrons. The monoisotopic (exact) mass is 851 g/mol. The first-order valence-electron chi connectivity index (χ1n) is 21.4. The normalized spacial score (nSPS) is 28.2. The summed E-state index contributed by atoms with van der Waals surface area (Å²) in [6.45, 7) is 10.4. The van der Waals surface area contributed by atoms with Gasteiger partial charge in [0.2, 0.25) is 21.8 Å². The molecule has 5 aliphatic rings. The molecule has 1 aromatic carbocycles. The molecule has 2 saturated carbocycles. The highest BCUT2D eigenvalue weighted by Crippen LogP contribution is 2.49. The van der Waals surface area contributed by atoms with Gasteiger partial charge in [0.25, 0.3) is 5.91 Å². The second-order valence-corrected chi connectivity index (χ2v) is 21.3. The molecule has 5 atom stereocenters. The average molecular weight is 852 g/mol. The van der Waals surface area contributed by atoms with Crippen molar-refractivity contribution in [1.82, 2.24) is 24.8 Å². The van der Waals surface area contributed by atoms with E-state index in [2.05, 4.69) is 10.0 Å². The minimum atomic E-state index is -4.02. The van der Waals surface area contributed by atoms with Crippen molar-refractivity contribution < 1.29 is 46.9 Å². The molecular formula is C44H61N5O10S. The lowest BCUT2D eigenvalue weighted by molar-refractivity contribution is -0.143. The van der Waals surface area contributed by atoms with Gasteiger partial charge in [0.05, 0.1) is 29.1 Å². The summed E-state index contributed by atoms with van der Waals surface area (Å²) in [5.41, 5.74) is -0.680. The third kappa shape index (κ3) is 8.81. The van der Waals surface area contributed by atoms with E-state index >= 15 is 4.79 Å². The van der Waals surface area contributed by atoms with E-state index in [1.807, 2.05) is 58.0 Å². The van der Waals surface area contributed by atoms with E-state index in [1.54, 1.807) is 14.0 Å². The van der Waals surface area contributed by atoms with Crippen molar-refractivity contribution in [3.63, 3.8) is 0 Å². The average Bonchev–Trinajstić information content (AvgIpc) is 4.08. The summed E-state index contributed by atoms with van der Waals surface area (Å²) in [7, 11) is -2.37. The number of aromatic nitrogens is 1. The number of pyridine rings is 1. The highest BCUT2D eigenvalue weighted by Gasteiger charge is 2.64. The van der Waals surface area contributed by atoms with E-state index in [4.69, 9.17) is 19.2 Å². The molecule has 0 radical (unpaired) electrons. The van der Waals surface area contributed by atoms with Crippen LogP contribution in [0.1, 0.15) is 110 Å². The largest absolute Gasteiger partial charge is 0.493 e. The Bertz CT molecular complexity index is 2170. The molecule has 0 bridgehead atoms. The van der Waals surface area contributed by atoms with Crippen molar-refractivity contribution in [3.8, 4) is 11.5 Å². The summed E-state index contributed by atoms with van der Waals surface area (Å²) in [5.74, 6) is -1.11. The quantitative estimate of drug-likeness (QED) is 0.204. The van der Waals surface area contributed by atoms with Gasteiger partial charge in [0.15, 0.2) is 0 Å². The predicted molar refractivity (Wildman–Crippen MR) is 224 cm³/mol. The second-order valence-electron chi connectivity index (χ2n) is 19.1. The van der Waals surface area contributed by atoms with Crippen molar-refractivity contribution in [3.05, 3.63) is 41.6 Å². The van der Waals surface area contributed by atoms with Crippen LogP contribution in [-0.2, 0) is 35.6 Å². The maximum absolute atomic E-state index is 15.1. The molecule has 7 rings (SSSR count). The molecular weight excluding hydrogens is 791 g/mol. The number of rotatable bonds is 10. The Hall–Kier alpha value is -4.44. The number of allylic oxidation sites excluding steroid dienone is 1. The van der Waals surface area contributed by atoms with Crippen LogP contribution >= 0.6 is 0 Å². The molecule has 3 fully saturated rings. The summed E-state index contributed by atoms with van der Waals surface area (Å²) >= 11 is 0. The Balaban J connectivity index is 1.25. The van der Waals surface area contributed by atoms with Crippen molar-refractivity contribution in [1.29, 1.82) is 0 Å². The van der Waals surface area contributed by atoms with Crippen molar-refractivity contribution in [2.75, 3.05) is 33.4 Å². The predicted octanol–water partition coefficient (Wildman–Crippen LogP) is 5.41. The Morgan fingerprint density at radius 2 is 1.88 bits per heavy atom. The zero-order valence-electron chi connectivity index (χ0n) is 35.8. The van der Waals surface area contributed by atoms with Gasteiger partial charge < -0.3 is 29.5 Å². The zero-order valence-corrected chi connectivity index (χ0v) is 36.6. The highest BCUT2D eigenvalue weighted by molar-refractivity contribution is 7.91. The highest BCUT2D eigenvalue weighted by atomic mass is 32.2. The molecule has 1 aromatic heterocycles. The Morgan fingerprint density at radius 1 is 1.12 bits per heavy atom. The number of benzene rings is 1. The topological polar surface area (TPSA) is 194 Å². The lowest BCUT2D eigenvalue weighted by Gasteiger charge is -2.38. The third-order valence-electron chi connectivity index (χ3n) is 12.9. The molecule has 4 heterocycles. The smallest absolute Gasteiger partial charge is 0.407 e. The maximum Gasteiger partial charge on any atom is 0.407 e. The lowest BCUT2D eigenvalue weighted by atomic mass is 9.87. The van der Waals surface area contributed by atoms with Gasteiger partial charge in [-0.15, -0.1) is 0 Å². The number of carboxylic acid groups (broad SMARTS) is 1. The summed E-state index contributed by atoms with van der Waals surface area (Å²) in [6, 6.07) is 3.54. The minimum absolute atomic E-state index is 0.00176. The summed E-state index contributed by atoms with van der Waals surface area (Å²) in [6.07, 6.45) is 8.46. The molecule has 3 aliphatic heterocycles. The van der Waals surface area contributed by atoms with E-state index < -0.39 is 73.1 Å². The SMILES string of the molecule is COCCCOc1ccc2nc(C)c3c(c2c1)CC[C@]1(C[C@H]2C(=O)N[C@]4(C(=O)NS(=O)(=O)C5(C)CC5)C[C@H]4/C=C\CCCCC[C@H](N(CC(C)(C)C)C(=O)O)C(=O)N2C1)O3. The van der Waals surface area contributed by atoms with Gasteiger partial charge in [-0.1, -0.05) is 45.8 Å².